The maximum absolute atomic E-state index is 12.2. The molecule has 2 heterocycles. The van der Waals surface area contributed by atoms with Crippen molar-refractivity contribution in [2.75, 3.05) is 6.61 Å². The number of aliphatic hydroxyl groups excluding tert-OH is 1. The highest BCUT2D eigenvalue weighted by Gasteiger charge is 2.28. The summed E-state index contributed by atoms with van der Waals surface area (Å²) in [4.78, 5) is 12.2. The normalized spacial score (nSPS) is 17.6. The zero-order valence-electron chi connectivity index (χ0n) is 9.92. The fourth-order valence-electron chi connectivity index (χ4n) is 2.61. The number of fused-ring (bicyclic) bond motifs is 5. The van der Waals surface area contributed by atoms with Crippen LogP contribution in [0.5, 0.6) is 5.75 Å². The van der Waals surface area contributed by atoms with Gasteiger partial charge in [-0.1, -0.05) is 41.7 Å². The zero-order chi connectivity index (χ0) is 13.0. The monoisotopic (exact) mass is 270 g/mol. The largest absolute Gasteiger partial charge is 0.489 e. The van der Waals surface area contributed by atoms with Crippen molar-refractivity contribution in [3.05, 3.63) is 51.5 Å². The van der Waals surface area contributed by atoms with E-state index in [1.54, 1.807) is 0 Å². The highest BCUT2D eigenvalue weighted by molar-refractivity contribution is 7.17. The number of benzene rings is 2. The summed E-state index contributed by atoms with van der Waals surface area (Å²) in [5.41, 5.74) is 0.410. The third-order valence-electron chi connectivity index (χ3n) is 3.50. The molecular weight excluding hydrogens is 260 g/mol. The molecule has 0 fully saturated rings. The standard InChI is InChI=1S/C15H10O3S/c16-11-7-18-13-10-6-5-8-3-1-2-4-9(8)14(10)19-15(17)12(11)13/h1-6,11,16H,7H2. The van der Waals surface area contributed by atoms with Gasteiger partial charge in [0.1, 0.15) is 18.5 Å². The highest BCUT2D eigenvalue weighted by Crippen LogP contribution is 2.40. The minimum absolute atomic E-state index is 0.108. The topological polar surface area (TPSA) is 46.5 Å². The molecule has 2 aromatic carbocycles. The average Bonchev–Trinajstić information content (AvgIpc) is 2.82. The predicted molar refractivity (Wildman–Crippen MR) is 76.1 cm³/mol. The molecule has 94 valence electrons. The van der Waals surface area contributed by atoms with Gasteiger partial charge in [-0.3, -0.25) is 4.79 Å². The van der Waals surface area contributed by atoms with E-state index < -0.39 is 6.10 Å². The molecule has 0 saturated heterocycles. The van der Waals surface area contributed by atoms with Gasteiger partial charge >= 0.3 is 0 Å². The summed E-state index contributed by atoms with van der Waals surface area (Å²) in [5.74, 6) is 0.553. The van der Waals surface area contributed by atoms with E-state index in [0.29, 0.717) is 11.3 Å². The summed E-state index contributed by atoms with van der Waals surface area (Å²) in [5, 5.41) is 12.9. The summed E-state index contributed by atoms with van der Waals surface area (Å²) in [6, 6.07) is 11.9. The van der Waals surface area contributed by atoms with Gasteiger partial charge in [0.15, 0.2) is 0 Å². The number of hydrogen-bond acceptors (Lipinski definition) is 4. The summed E-state index contributed by atoms with van der Waals surface area (Å²) in [6.07, 6.45) is -0.797. The van der Waals surface area contributed by atoms with Crippen LogP contribution < -0.4 is 9.48 Å². The molecule has 0 aliphatic carbocycles. The lowest BCUT2D eigenvalue weighted by atomic mass is 10.1. The second-order valence-corrected chi connectivity index (χ2v) is 5.61. The van der Waals surface area contributed by atoms with Gasteiger partial charge in [-0.25, -0.2) is 0 Å². The molecular formula is C15H10O3S. The molecule has 1 aliphatic heterocycles. The van der Waals surface area contributed by atoms with Gasteiger partial charge in [0, 0.05) is 10.1 Å². The molecule has 4 rings (SSSR count). The summed E-state index contributed by atoms with van der Waals surface area (Å²) in [7, 11) is 0. The molecule has 0 bridgehead atoms. The first-order valence-electron chi connectivity index (χ1n) is 6.05. The molecule has 1 aliphatic rings. The van der Waals surface area contributed by atoms with Crippen molar-refractivity contribution in [1.29, 1.82) is 0 Å². The van der Waals surface area contributed by atoms with Gasteiger partial charge in [0.2, 0.25) is 4.74 Å². The van der Waals surface area contributed by atoms with Gasteiger partial charge in [0.05, 0.1) is 5.56 Å². The Hall–Kier alpha value is -1.91. The molecule has 1 N–H and O–H groups in total. The van der Waals surface area contributed by atoms with Crippen molar-refractivity contribution >= 4 is 32.2 Å². The van der Waals surface area contributed by atoms with Crippen LogP contribution in [-0.2, 0) is 0 Å². The fraction of sp³-hybridized carbons (Fsp3) is 0.133. The van der Waals surface area contributed by atoms with Crippen LogP contribution in [0.1, 0.15) is 11.7 Å². The van der Waals surface area contributed by atoms with Crippen molar-refractivity contribution in [3.63, 3.8) is 0 Å². The van der Waals surface area contributed by atoms with Gasteiger partial charge in [-0.2, -0.15) is 0 Å². The number of aliphatic hydroxyl groups is 1. The molecule has 0 saturated carbocycles. The average molecular weight is 270 g/mol. The summed E-state index contributed by atoms with van der Waals surface area (Å²) < 4.78 is 6.33. The zero-order valence-corrected chi connectivity index (χ0v) is 10.7. The molecule has 1 atom stereocenters. The molecule has 3 nitrogen and oxygen atoms in total. The minimum Gasteiger partial charge on any atom is -0.489 e. The van der Waals surface area contributed by atoms with E-state index in [-0.39, 0.29) is 11.3 Å². The van der Waals surface area contributed by atoms with Crippen molar-refractivity contribution in [2.24, 2.45) is 0 Å². The van der Waals surface area contributed by atoms with Crippen molar-refractivity contribution in [1.82, 2.24) is 0 Å². The number of rotatable bonds is 0. The Morgan fingerprint density at radius 2 is 2.00 bits per heavy atom. The maximum Gasteiger partial charge on any atom is 0.242 e. The first-order valence-corrected chi connectivity index (χ1v) is 6.86. The maximum atomic E-state index is 12.2. The Kier molecular flexibility index (Phi) is 2.19. The van der Waals surface area contributed by atoms with Crippen LogP contribution >= 0.6 is 11.3 Å². The molecule has 0 radical (unpaired) electrons. The fourth-order valence-corrected chi connectivity index (χ4v) is 3.70. The van der Waals surface area contributed by atoms with Gasteiger partial charge in [-0.05, 0) is 16.8 Å². The molecule has 19 heavy (non-hydrogen) atoms. The molecule has 0 spiro atoms. The van der Waals surface area contributed by atoms with Crippen LogP contribution in [0.3, 0.4) is 0 Å². The minimum atomic E-state index is -0.797. The van der Waals surface area contributed by atoms with Gasteiger partial charge < -0.3 is 9.84 Å². The molecule has 0 amide bonds. The lowest BCUT2D eigenvalue weighted by Gasteiger charge is -2.06. The Morgan fingerprint density at radius 3 is 2.89 bits per heavy atom. The lowest BCUT2D eigenvalue weighted by Crippen LogP contribution is -2.07. The first-order chi connectivity index (χ1) is 9.25. The van der Waals surface area contributed by atoms with E-state index in [1.165, 1.54) is 11.3 Å². The van der Waals surface area contributed by atoms with Crippen LogP contribution in [0.15, 0.2) is 41.2 Å². The predicted octanol–water partition coefficient (Wildman–Crippen LogP) is 2.84. The van der Waals surface area contributed by atoms with Crippen LogP contribution in [-0.4, -0.2) is 11.7 Å². The summed E-state index contributed by atoms with van der Waals surface area (Å²) >= 11 is 1.18. The van der Waals surface area contributed by atoms with Crippen LogP contribution in [0.4, 0.5) is 0 Å². The van der Waals surface area contributed by atoms with E-state index in [4.69, 9.17) is 4.74 Å². The Morgan fingerprint density at radius 1 is 1.16 bits per heavy atom. The molecule has 4 heteroatoms. The Bertz CT molecular complexity index is 866. The second kappa shape index (κ2) is 3.79. The van der Waals surface area contributed by atoms with Crippen molar-refractivity contribution in [2.45, 2.75) is 6.10 Å². The second-order valence-electron chi connectivity index (χ2n) is 4.62. The SMILES string of the molecule is O=c1sc2c(ccc3ccccc32)c2c1C(O)CO2. The van der Waals surface area contributed by atoms with E-state index in [0.717, 1.165) is 20.9 Å². The number of ether oxygens (including phenoxy) is 1. The van der Waals surface area contributed by atoms with E-state index in [9.17, 15) is 9.90 Å². The van der Waals surface area contributed by atoms with E-state index in [1.807, 2.05) is 36.4 Å². The third-order valence-corrected chi connectivity index (χ3v) is 4.55. The van der Waals surface area contributed by atoms with Gasteiger partial charge in [0.25, 0.3) is 0 Å². The van der Waals surface area contributed by atoms with Crippen molar-refractivity contribution < 1.29 is 9.84 Å². The van der Waals surface area contributed by atoms with Crippen LogP contribution in [0, 0.1) is 0 Å². The van der Waals surface area contributed by atoms with Crippen molar-refractivity contribution in [3.8, 4) is 5.75 Å². The molecule has 3 aromatic rings. The highest BCUT2D eigenvalue weighted by atomic mass is 32.1. The first kappa shape index (κ1) is 11.0. The molecule has 1 unspecified atom stereocenters. The van der Waals surface area contributed by atoms with Crippen LogP contribution in [0.25, 0.3) is 20.9 Å². The third kappa shape index (κ3) is 1.44. The quantitative estimate of drug-likeness (QED) is 0.639. The van der Waals surface area contributed by atoms with Gasteiger partial charge in [-0.15, -0.1) is 0 Å². The Balaban J connectivity index is 2.24. The smallest absolute Gasteiger partial charge is 0.242 e. The molecule has 1 aromatic heterocycles. The number of hydrogen-bond donors (Lipinski definition) is 1. The van der Waals surface area contributed by atoms with E-state index in [2.05, 4.69) is 0 Å². The summed E-state index contributed by atoms with van der Waals surface area (Å²) in [6.45, 7) is 0.170. The van der Waals surface area contributed by atoms with E-state index >= 15 is 0 Å². The lowest BCUT2D eigenvalue weighted by molar-refractivity contribution is 0.140. The Labute approximate surface area is 112 Å². The van der Waals surface area contributed by atoms with Crippen LogP contribution in [0.2, 0.25) is 0 Å².